The smallest absolute Gasteiger partial charge is 0.0669 e. The molecule has 0 saturated carbocycles. The van der Waals surface area contributed by atoms with Crippen molar-refractivity contribution in [2.45, 2.75) is 12.8 Å². The molecule has 0 aliphatic carbocycles. The number of hydrogen-bond acceptors (Lipinski definition) is 2. The van der Waals surface area contributed by atoms with E-state index in [-0.39, 0.29) is 0 Å². The van der Waals surface area contributed by atoms with Crippen LogP contribution in [0.1, 0.15) is 22.3 Å². The van der Waals surface area contributed by atoms with Crippen LogP contribution >= 0.6 is 0 Å². The quantitative estimate of drug-likeness (QED) is 0.633. The average Bonchev–Trinajstić information content (AvgIpc) is 3.25. The maximum atomic E-state index is 4.77. The van der Waals surface area contributed by atoms with Gasteiger partial charge in [-0.05, 0) is 34.4 Å². The predicted molar refractivity (Wildman–Crippen MR) is 99.1 cm³/mol. The molecule has 0 amide bonds. The van der Waals surface area contributed by atoms with E-state index in [1.807, 2.05) is 12.1 Å². The molecular formula is C22H16N2. The highest BCUT2D eigenvalue weighted by atomic mass is 14.8. The highest BCUT2D eigenvalue weighted by Gasteiger charge is 2.17. The molecule has 0 saturated heterocycles. The number of para-hydroxylation sites is 2. The normalized spacial score (nSPS) is 14.8. The average molecular weight is 308 g/mol. The van der Waals surface area contributed by atoms with Crippen LogP contribution in [0.3, 0.4) is 0 Å². The zero-order chi connectivity index (χ0) is 15.9. The monoisotopic (exact) mass is 308 g/mol. The van der Waals surface area contributed by atoms with Crippen molar-refractivity contribution in [2.24, 2.45) is 9.98 Å². The molecule has 5 rings (SSSR count). The molecule has 2 aliphatic rings. The van der Waals surface area contributed by atoms with Crippen molar-refractivity contribution >= 4 is 22.8 Å². The van der Waals surface area contributed by atoms with Crippen molar-refractivity contribution in [3.05, 3.63) is 95.1 Å². The molecule has 0 radical (unpaired) electrons. The maximum Gasteiger partial charge on any atom is 0.0669 e. The Morgan fingerprint density at radius 3 is 1.33 bits per heavy atom. The summed E-state index contributed by atoms with van der Waals surface area (Å²) in [4.78, 5) is 9.54. The molecule has 114 valence electrons. The summed E-state index contributed by atoms with van der Waals surface area (Å²) in [5.74, 6) is 0. The van der Waals surface area contributed by atoms with Gasteiger partial charge in [0.15, 0.2) is 0 Å². The van der Waals surface area contributed by atoms with Crippen molar-refractivity contribution in [2.75, 3.05) is 0 Å². The first-order valence-corrected chi connectivity index (χ1v) is 8.28. The first-order chi connectivity index (χ1) is 11.9. The third-order valence-corrected chi connectivity index (χ3v) is 4.76. The lowest BCUT2D eigenvalue weighted by atomic mass is 10.00. The van der Waals surface area contributed by atoms with Gasteiger partial charge >= 0.3 is 0 Å². The molecule has 0 bridgehead atoms. The summed E-state index contributed by atoms with van der Waals surface area (Å²) in [5.41, 5.74) is 9.54. The lowest BCUT2D eigenvalue weighted by Gasteiger charge is -2.04. The Bertz CT molecular complexity index is 912. The molecule has 2 heterocycles. The highest BCUT2D eigenvalue weighted by Crippen LogP contribution is 2.30. The van der Waals surface area contributed by atoms with Crippen molar-refractivity contribution < 1.29 is 0 Å². The maximum absolute atomic E-state index is 4.77. The Kier molecular flexibility index (Phi) is 2.95. The van der Waals surface area contributed by atoms with E-state index in [2.05, 4.69) is 60.7 Å². The van der Waals surface area contributed by atoms with Crippen LogP contribution in [0.25, 0.3) is 0 Å². The van der Waals surface area contributed by atoms with Gasteiger partial charge in [0.1, 0.15) is 0 Å². The van der Waals surface area contributed by atoms with Crippen LogP contribution in [0.5, 0.6) is 0 Å². The molecule has 2 aliphatic heterocycles. The van der Waals surface area contributed by atoms with Gasteiger partial charge in [0.25, 0.3) is 0 Å². The number of benzene rings is 3. The topological polar surface area (TPSA) is 24.7 Å². The minimum Gasteiger partial charge on any atom is -0.252 e. The Morgan fingerprint density at radius 2 is 0.917 bits per heavy atom. The third kappa shape index (κ3) is 2.19. The van der Waals surface area contributed by atoms with Crippen molar-refractivity contribution in [3.63, 3.8) is 0 Å². The molecule has 0 fully saturated rings. The molecule has 0 atom stereocenters. The van der Waals surface area contributed by atoms with Gasteiger partial charge in [0.2, 0.25) is 0 Å². The van der Waals surface area contributed by atoms with Gasteiger partial charge in [-0.25, -0.2) is 0 Å². The molecule has 3 aromatic carbocycles. The van der Waals surface area contributed by atoms with E-state index in [9.17, 15) is 0 Å². The van der Waals surface area contributed by atoms with Gasteiger partial charge in [0, 0.05) is 12.8 Å². The van der Waals surface area contributed by atoms with Gasteiger partial charge in [-0.1, -0.05) is 60.7 Å². The van der Waals surface area contributed by atoms with Crippen molar-refractivity contribution in [1.82, 2.24) is 0 Å². The van der Waals surface area contributed by atoms with E-state index in [1.165, 1.54) is 22.3 Å². The first kappa shape index (κ1) is 13.4. The van der Waals surface area contributed by atoms with Crippen LogP contribution < -0.4 is 0 Å². The SMILES string of the molecule is c1ccc2c(c1)CC(c1ccc(C3=Nc4ccccc4C3)cc1)=N2. The first-order valence-electron chi connectivity index (χ1n) is 8.28. The third-order valence-electron chi connectivity index (χ3n) is 4.76. The zero-order valence-corrected chi connectivity index (χ0v) is 13.2. The second-order valence-electron chi connectivity index (χ2n) is 6.31. The van der Waals surface area contributed by atoms with E-state index < -0.39 is 0 Å². The van der Waals surface area contributed by atoms with Gasteiger partial charge in [-0.15, -0.1) is 0 Å². The number of hydrogen-bond donors (Lipinski definition) is 0. The summed E-state index contributed by atoms with van der Waals surface area (Å²) in [5, 5.41) is 0. The standard InChI is InChI=1S/C22H16N2/c1-3-7-19-17(5-1)13-21(23-19)15-9-11-16(12-10-15)22-14-18-6-2-4-8-20(18)24-22/h1-12H,13-14H2. The molecule has 0 N–H and O–H groups in total. The molecule has 2 heteroatoms. The zero-order valence-electron chi connectivity index (χ0n) is 13.2. The van der Waals surface area contributed by atoms with E-state index in [1.54, 1.807) is 0 Å². The summed E-state index contributed by atoms with van der Waals surface area (Å²) in [7, 11) is 0. The summed E-state index contributed by atoms with van der Waals surface area (Å²) in [6.07, 6.45) is 1.84. The lowest BCUT2D eigenvalue weighted by molar-refractivity contribution is 1.38. The Morgan fingerprint density at radius 1 is 0.500 bits per heavy atom. The Balaban J connectivity index is 1.42. The Labute approximate surface area is 141 Å². The summed E-state index contributed by atoms with van der Waals surface area (Å²) >= 11 is 0. The summed E-state index contributed by atoms with van der Waals surface area (Å²) in [6.45, 7) is 0. The summed E-state index contributed by atoms with van der Waals surface area (Å²) < 4.78 is 0. The highest BCUT2D eigenvalue weighted by molar-refractivity contribution is 6.09. The van der Waals surface area contributed by atoms with E-state index in [0.717, 1.165) is 35.6 Å². The van der Waals surface area contributed by atoms with Gasteiger partial charge in [-0.3, -0.25) is 9.98 Å². The van der Waals surface area contributed by atoms with Crippen LogP contribution in [0.2, 0.25) is 0 Å². The molecule has 0 spiro atoms. The number of nitrogens with zero attached hydrogens (tertiary/aromatic N) is 2. The van der Waals surface area contributed by atoms with Crippen molar-refractivity contribution in [1.29, 1.82) is 0 Å². The molecule has 3 aromatic rings. The minimum atomic E-state index is 0.919. The molecule has 0 unspecified atom stereocenters. The van der Waals surface area contributed by atoms with Crippen LogP contribution in [0.4, 0.5) is 11.4 Å². The fraction of sp³-hybridized carbons (Fsp3) is 0.0909. The van der Waals surface area contributed by atoms with Crippen molar-refractivity contribution in [3.8, 4) is 0 Å². The second-order valence-corrected chi connectivity index (χ2v) is 6.31. The van der Waals surface area contributed by atoms with Gasteiger partial charge < -0.3 is 0 Å². The van der Waals surface area contributed by atoms with E-state index in [4.69, 9.17) is 9.98 Å². The van der Waals surface area contributed by atoms with Crippen LogP contribution in [-0.2, 0) is 12.8 Å². The molecule has 0 aromatic heterocycles. The minimum absolute atomic E-state index is 0.919. The summed E-state index contributed by atoms with van der Waals surface area (Å²) in [6, 6.07) is 25.4. The molecular weight excluding hydrogens is 292 g/mol. The second kappa shape index (κ2) is 5.27. The van der Waals surface area contributed by atoms with E-state index >= 15 is 0 Å². The predicted octanol–water partition coefficient (Wildman–Crippen LogP) is 5.04. The molecule has 24 heavy (non-hydrogen) atoms. The van der Waals surface area contributed by atoms with Crippen LogP contribution in [0.15, 0.2) is 82.8 Å². The fourth-order valence-corrected chi connectivity index (χ4v) is 3.46. The number of fused-ring (bicyclic) bond motifs is 2. The number of rotatable bonds is 2. The van der Waals surface area contributed by atoms with Crippen LogP contribution in [0, 0.1) is 0 Å². The largest absolute Gasteiger partial charge is 0.252 e. The molecule has 2 nitrogen and oxygen atoms in total. The van der Waals surface area contributed by atoms with Gasteiger partial charge in [0.05, 0.1) is 22.8 Å². The fourth-order valence-electron chi connectivity index (χ4n) is 3.46. The lowest BCUT2D eigenvalue weighted by Crippen LogP contribution is -2.03. The number of aliphatic imine (C=N–C) groups is 2. The Hall–Kier alpha value is -3.00. The van der Waals surface area contributed by atoms with Gasteiger partial charge in [-0.2, -0.15) is 0 Å². The van der Waals surface area contributed by atoms with Crippen LogP contribution in [-0.4, -0.2) is 11.4 Å². The van der Waals surface area contributed by atoms with E-state index in [0.29, 0.717) is 0 Å².